The summed E-state index contributed by atoms with van der Waals surface area (Å²) in [5, 5.41) is 33.3. The van der Waals surface area contributed by atoms with Gasteiger partial charge in [0.05, 0.1) is 103 Å². The molecule has 0 saturated heterocycles. The third kappa shape index (κ3) is 41.0. The van der Waals surface area contributed by atoms with Crippen LogP contribution in [-0.4, -0.2) is 204 Å². The molecule has 129 heavy (non-hydrogen) atoms. The number of aromatic nitrogens is 5. The van der Waals surface area contributed by atoms with Gasteiger partial charge in [-0.2, -0.15) is 22.4 Å². The number of nitrogens with two attached hydrogens (primary N) is 1. The van der Waals surface area contributed by atoms with Crippen molar-refractivity contribution < 1.29 is 114 Å². The van der Waals surface area contributed by atoms with Gasteiger partial charge in [0.2, 0.25) is 29.9 Å². The van der Waals surface area contributed by atoms with Gasteiger partial charge >= 0.3 is 95.2 Å². The van der Waals surface area contributed by atoms with Crippen LogP contribution in [-0.2, 0) is 19.0 Å². The summed E-state index contributed by atoms with van der Waals surface area (Å²) in [5.74, 6) is -2.68. The standard InChI is InChI=1S/2C14H12B2N3OS.C14H12N2O2S.C13H10N2O2S.C12H8N2O2S.C10H9NO.C4H7NO2S.CH5B2O2.CH4.BI.BHN.2B.K/c2*1-9-12(10-4-6-11(17-3)7-5-10)18-13(21-9)14(20)19(8-15)16-2;1-4-18-14(17)13-16-12(9(2)19-13)10-5-7-11(15-3)8-6-10;1-3-17-13(16)12-15-11(8-18-12)9-4-6-10(14-2)7-5-9;1-7-10(14-11(17-7)12(15)16)8-3-5-9(13-2)6-4-8;1-3-10(12)8-4-6-9(11-2)7-5-8;1-2-7-4(6)3(5)8;1-2-3(4)5;;2*1-2;;;/h2*4-7H,8H2,1-2H3;5-8H,4H2,1-2H3;4-8H,3H2,1H3;3-6H,1H3,(H,15,16);4-7H,3H2,1H3;2H2,1H3,(H2,5,8);4-5H,1H3;1H4;;2H;;;/q;;;;;;;;;;;;-1;+1. The summed E-state index contributed by atoms with van der Waals surface area (Å²) in [4.78, 5) is 128. The van der Waals surface area contributed by atoms with Crippen molar-refractivity contribution >= 4 is 247 Å². The molecule has 6 aromatic carbocycles. The molecule has 0 spiro atoms. The van der Waals surface area contributed by atoms with Gasteiger partial charge in [0.1, 0.15) is 0 Å². The van der Waals surface area contributed by atoms with Gasteiger partial charge in [-0.15, -0.1) is 56.7 Å². The number of hydrogen-bond donors (Lipinski definition) is 5. The summed E-state index contributed by atoms with van der Waals surface area (Å²) < 4.78 is 14.2. The smallest absolute Gasteiger partial charge is 0.476 e. The molecule has 0 fully saturated rings. The fourth-order valence-electron chi connectivity index (χ4n) is 9.37. The summed E-state index contributed by atoms with van der Waals surface area (Å²) in [5.41, 5.74) is 21.6. The number of aryl methyl sites for hydroxylation is 4. The number of Topliss-reactive ketones (excluding diaryl/α,β-unsaturated/α-hetero) is 1. The number of amides is 2. The van der Waals surface area contributed by atoms with Gasteiger partial charge in [0, 0.05) is 45.3 Å². The Balaban J connectivity index is -0.00000142. The zero-order valence-electron chi connectivity index (χ0n) is 71.6. The SMILES string of the molecule is C.CCOC(=O)C(N)=S.C[B]B(O)O.[B-].[B].[B]=N.[B]CN([B]C)C(=O)c1nc(-c2ccc([N+]#[C-])cc2)c(C)s1.[B]CN([B]C)C(=O)c1nc(-c2ccc([N+]#[C-])cc2)c(C)s1.[B]I.[C-]#[N+]c1ccc(-c2csc(C(=O)OCC)n2)cc1.[C-]#[N+]c1ccc(-c2nc(C(=O)O)sc2C)cc1.[C-]#[N+]c1ccc(-c2nc(C(=O)OCC)sc2C)cc1.[C-]#[N+]c1ccc(C(=O)CC)cc1.[K+]. The average molecular weight is 1960 g/mol. The average Bonchev–Trinajstić information content (AvgIpc) is 1.72. The van der Waals surface area contributed by atoms with Crippen molar-refractivity contribution in [1.82, 2.24) is 34.5 Å². The summed E-state index contributed by atoms with van der Waals surface area (Å²) in [6.45, 7) is 62.0. The monoisotopic (exact) mass is 1960 g/mol. The van der Waals surface area contributed by atoms with Crippen LogP contribution >= 0.6 is 91.3 Å². The minimum Gasteiger partial charge on any atom is -0.476 e. The normalized spacial score (nSPS) is 9.05. The number of hydrogen-bond acceptors (Lipinski definition) is 24. The summed E-state index contributed by atoms with van der Waals surface area (Å²) in [7, 11) is 18.1. The van der Waals surface area contributed by atoms with Gasteiger partial charge < -0.3 is 53.1 Å². The van der Waals surface area contributed by atoms with Gasteiger partial charge in [-0.3, -0.25) is 14.4 Å². The molecule has 639 valence electrons. The number of carboxylic acid groups (broad SMARTS) is 1. The molecule has 0 saturated carbocycles. The third-order valence-electron chi connectivity index (χ3n) is 15.5. The minimum absolute atomic E-state index is 0. The van der Waals surface area contributed by atoms with Crippen molar-refractivity contribution in [3.63, 3.8) is 0 Å². The summed E-state index contributed by atoms with van der Waals surface area (Å²) in [6, 6.07) is 42.3. The van der Waals surface area contributed by atoms with Crippen LogP contribution in [0.5, 0.6) is 0 Å². The molecule has 5 heterocycles. The van der Waals surface area contributed by atoms with Crippen molar-refractivity contribution in [2.24, 2.45) is 5.73 Å². The van der Waals surface area contributed by atoms with Crippen LogP contribution in [0.3, 0.4) is 0 Å². The number of thiazole rings is 5. The Morgan fingerprint density at radius 3 is 0.992 bits per heavy atom. The molecule has 17 radical (unpaired) electrons. The predicted octanol–water partition coefficient (Wildman–Crippen LogP) is 15.2. The van der Waals surface area contributed by atoms with E-state index in [1.54, 1.807) is 181 Å². The molecular formula is C83H80B10IKN15O13S6. The molecule has 5 aromatic heterocycles. The zero-order chi connectivity index (χ0) is 93.8. The Morgan fingerprint density at radius 2 is 0.752 bits per heavy atom. The van der Waals surface area contributed by atoms with Crippen LogP contribution in [0.4, 0.5) is 34.1 Å². The minimum atomic E-state index is -1.24. The van der Waals surface area contributed by atoms with Gasteiger partial charge in [0.15, 0.2) is 67.8 Å². The third-order valence-corrected chi connectivity index (χ3v) is 20.3. The second-order valence-corrected chi connectivity index (χ2v) is 29.6. The number of ether oxygens (including phenoxy) is 3. The predicted molar refractivity (Wildman–Crippen MR) is 533 cm³/mol. The number of carboxylic acids is 1. The number of carbonyl (C=O) groups is 7. The number of esters is 3. The van der Waals surface area contributed by atoms with Crippen molar-refractivity contribution in [2.75, 3.05) is 32.7 Å². The van der Waals surface area contributed by atoms with Crippen LogP contribution in [0.1, 0.15) is 120 Å². The fourth-order valence-corrected chi connectivity index (χ4v) is 13.5. The second kappa shape index (κ2) is 67.7. The summed E-state index contributed by atoms with van der Waals surface area (Å²) in [6.07, 6.45) is 0.767. The van der Waals surface area contributed by atoms with E-state index in [4.69, 9.17) is 90.8 Å². The topological polar surface area (TPSA) is 355 Å². The molecule has 0 aliphatic rings. The Morgan fingerprint density at radius 1 is 0.488 bits per heavy atom. The van der Waals surface area contributed by atoms with Crippen LogP contribution in [0.2, 0.25) is 20.5 Å². The molecule has 11 aromatic rings. The maximum atomic E-state index is 12.2. The van der Waals surface area contributed by atoms with E-state index in [-0.39, 0.29) is 122 Å². The largest absolute Gasteiger partial charge is 1.00 e. The molecule has 0 aliphatic heterocycles. The Kier molecular flexibility index (Phi) is 64.4. The van der Waals surface area contributed by atoms with Crippen molar-refractivity contribution in [3.05, 3.63) is 270 Å². The molecule has 2 amide bonds. The van der Waals surface area contributed by atoms with E-state index in [9.17, 15) is 33.6 Å². The van der Waals surface area contributed by atoms with Gasteiger partial charge in [0.25, 0.3) is 11.8 Å². The van der Waals surface area contributed by atoms with E-state index in [0.717, 1.165) is 81.4 Å². The van der Waals surface area contributed by atoms with E-state index in [1.807, 2.05) is 83.1 Å². The van der Waals surface area contributed by atoms with Crippen molar-refractivity contribution in [1.29, 1.82) is 5.31 Å². The Labute approximate surface area is 845 Å². The number of benzene rings is 6. The molecule has 28 nitrogen and oxygen atoms in total. The second-order valence-electron chi connectivity index (χ2n) is 23.5. The first kappa shape index (κ1) is 123. The van der Waals surface area contributed by atoms with Crippen LogP contribution in [0, 0.1) is 72.4 Å². The number of carbonyl (C=O) groups excluding carboxylic acids is 6. The van der Waals surface area contributed by atoms with Crippen LogP contribution < -0.4 is 57.1 Å². The van der Waals surface area contributed by atoms with Crippen molar-refractivity contribution in [2.45, 2.75) is 89.7 Å². The molecular weight excluding hydrogens is 1880 g/mol. The van der Waals surface area contributed by atoms with E-state index in [1.165, 1.54) is 62.1 Å². The van der Waals surface area contributed by atoms with Gasteiger partial charge in [-0.1, -0.05) is 193 Å². The molecule has 0 aliphatic carbocycles. The van der Waals surface area contributed by atoms with E-state index < -0.39 is 24.9 Å². The first-order chi connectivity index (χ1) is 59.9. The number of aromatic carboxylic acids is 1. The number of thiocarbonyl (C=S) groups is 1. The number of nitrogens with one attached hydrogen (secondary N) is 1. The van der Waals surface area contributed by atoms with E-state index in [2.05, 4.69) is 84.3 Å². The molecule has 0 bridgehead atoms. The summed E-state index contributed by atoms with van der Waals surface area (Å²) >= 11 is 12.4. The molecule has 46 heteroatoms. The van der Waals surface area contributed by atoms with Gasteiger partial charge in [-0.05, 0) is 89.2 Å². The Hall–Kier alpha value is -10.5. The van der Waals surface area contributed by atoms with Gasteiger partial charge in [-0.25, -0.2) is 73.2 Å². The van der Waals surface area contributed by atoms with E-state index in [0.29, 0.717) is 91.7 Å². The number of rotatable bonds is 20. The number of nitrogens with zero attached hydrogens (tertiary/aromatic N) is 13. The quantitative estimate of drug-likeness (QED) is 0.00900. The number of ketones is 1. The first-order valence-electron chi connectivity index (χ1n) is 36.5. The maximum absolute atomic E-state index is 12.2. The maximum Gasteiger partial charge on any atom is 1.00 e. The molecule has 6 N–H and O–H groups in total. The molecule has 11 rings (SSSR count). The Bertz CT molecular complexity index is 5520. The molecule has 0 atom stereocenters. The fraction of sp³-hybridized carbons (Fsp3) is 0.217. The molecule has 0 unspecified atom stereocenters. The van der Waals surface area contributed by atoms with Crippen LogP contribution in [0.15, 0.2) is 151 Å². The zero-order valence-corrected chi connectivity index (χ0v) is 81.8. The van der Waals surface area contributed by atoms with Crippen molar-refractivity contribution in [3.8, 4) is 56.3 Å². The number of halogens is 1. The van der Waals surface area contributed by atoms with E-state index >= 15 is 0 Å². The van der Waals surface area contributed by atoms with Crippen LogP contribution in [0.25, 0.3) is 85.4 Å². The first-order valence-corrected chi connectivity index (χ1v) is 42.3.